The fourth-order valence-electron chi connectivity index (χ4n) is 0.668. The maximum atomic E-state index is 5.30. The van der Waals surface area contributed by atoms with Crippen LogP contribution in [0.2, 0.25) is 0 Å². The van der Waals surface area contributed by atoms with Gasteiger partial charge in [0.2, 0.25) is 0 Å². The molecule has 1 aromatic rings. The second kappa shape index (κ2) is 6.36. The topological polar surface area (TPSA) is 30.9 Å². The van der Waals surface area contributed by atoms with Gasteiger partial charge in [0.15, 0.2) is 0 Å². The highest BCUT2D eigenvalue weighted by Gasteiger charge is 1.80. The van der Waals surface area contributed by atoms with E-state index in [0.717, 1.165) is 6.54 Å². The van der Waals surface area contributed by atoms with E-state index in [1.54, 1.807) is 0 Å². The number of hydrogen-bond acceptors (Lipinski definition) is 1. The van der Waals surface area contributed by atoms with Crippen molar-refractivity contribution in [3.63, 3.8) is 0 Å². The van der Waals surface area contributed by atoms with E-state index in [2.05, 4.69) is 4.57 Å². The van der Waals surface area contributed by atoms with Crippen molar-refractivity contribution in [3.05, 3.63) is 24.5 Å². The first kappa shape index (κ1) is 9.24. The van der Waals surface area contributed by atoms with Gasteiger partial charge in [-0.05, 0) is 12.1 Å². The second-order valence-corrected chi connectivity index (χ2v) is 1.71. The Labute approximate surface area is 62.7 Å². The molecule has 0 radical (unpaired) electrons. The SMILES string of the molecule is CC.NCCn1cccc1. The first-order valence-corrected chi connectivity index (χ1v) is 3.74. The van der Waals surface area contributed by atoms with Crippen LogP contribution in [-0.4, -0.2) is 11.1 Å². The first-order valence-electron chi connectivity index (χ1n) is 3.74. The normalized spacial score (nSPS) is 8.30. The average molecular weight is 140 g/mol. The lowest BCUT2D eigenvalue weighted by Crippen LogP contribution is -2.07. The number of rotatable bonds is 2. The maximum Gasteiger partial charge on any atom is 0.0342 e. The van der Waals surface area contributed by atoms with Crippen LogP contribution in [-0.2, 0) is 6.54 Å². The Morgan fingerprint density at radius 3 is 2.10 bits per heavy atom. The van der Waals surface area contributed by atoms with E-state index < -0.39 is 0 Å². The zero-order valence-corrected chi connectivity index (χ0v) is 6.75. The molecule has 2 heteroatoms. The summed E-state index contributed by atoms with van der Waals surface area (Å²) >= 11 is 0. The van der Waals surface area contributed by atoms with E-state index in [4.69, 9.17) is 5.73 Å². The van der Waals surface area contributed by atoms with Gasteiger partial charge in [0.05, 0.1) is 0 Å². The molecule has 0 aliphatic rings. The van der Waals surface area contributed by atoms with Gasteiger partial charge < -0.3 is 10.3 Å². The van der Waals surface area contributed by atoms with Crippen molar-refractivity contribution in [2.45, 2.75) is 20.4 Å². The highest BCUT2D eigenvalue weighted by atomic mass is 14.9. The molecule has 0 saturated carbocycles. The molecule has 0 spiro atoms. The van der Waals surface area contributed by atoms with Crippen LogP contribution >= 0.6 is 0 Å². The largest absolute Gasteiger partial charge is 0.353 e. The smallest absolute Gasteiger partial charge is 0.0342 e. The highest BCUT2D eigenvalue weighted by molar-refractivity contribution is 4.89. The van der Waals surface area contributed by atoms with Crippen molar-refractivity contribution in [3.8, 4) is 0 Å². The van der Waals surface area contributed by atoms with Crippen molar-refractivity contribution < 1.29 is 0 Å². The molecule has 0 aliphatic carbocycles. The molecule has 0 unspecified atom stereocenters. The van der Waals surface area contributed by atoms with Crippen molar-refractivity contribution in [1.82, 2.24) is 4.57 Å². The van der Waals surface area contributed by atoms with Gasteiger partial charge >= 0.3 is 0 Å². The van der Waals surface area contributed by atoms with Crippen LogP contribution in [0.1, 0.15) is 13.8 Å². The van der Waals surface area contributed by atoms with Crippen LogP contribution in [0, 0.1) is 0 Å². The lowest BCUT2D eigenvalue weighted by molar-refractivity contribution is 0.713. The molecule has 2 nitrogen and oxygen atoms in total. The molecule has 0 aromatic carbocycles. The van der Waals surface area contributed by atoms with E-state index in [0.29, 0.717) is 6.54 Å². The summed E-state index contributed by atoms with van der Waals surface area (Å²) in [7, 11) is 0. The summed E-state index contributed by atoms with van der Waals surface area (Å²) in [6.45, 7) is 5.64. The van der Waals surface area contributed by atoms with E-state index in [-0.39, 0.29) is 0 Å². The third-order valence-electron chi connectivity index (χ3n) is 1.05. The Bertz CT molecular complexity index is 133. The molecule has 1 rings (SSSR count). The van der Waals surface area contributed by atoms with Gasteiger partial charge in [-0.15, -0.1) is 0 Å². The monoisotopic (exact) mass is 140 g/mol. The Morgan fingerprint density at radius 2 is 1.70 bits per heavy atom. The van der Waals surface area contributed by atoms with Crippen LogP contribution in [0.4, 0.5) is 0 Å². The standard InChI is InChI=1S/C6H10N2.C2H6/c7-3-6-8-4-1-2-5-8;1-2/h1-2,4-5H,3,6-7H2;1-2H3. The van der Waals surface area contributed by atoms with Crippen LogP contribution in [0.3, 0.4) is 0 Å². The van der Waals surface area contributed by atoms with Crippen LogP contribution in [0.25, 0.3) is 0 Å². The molecule has 0 amide bonds. The molecule has 0 fully saturated rings. The molecule has 2 N–H and O–H groups in total. The number of hydrogen-bond donors (Lipinski definition) is 1. The van der Waals surface area contributed by atoms with E-state index in [1.165, 1.54) is 0 Å². The molecule has 1 heterocycles. The van der Waals surface area contributed by atoms with Gasteiger partial charge in [-0.1, -0.05) is 13.8 Å². The average Bonchev–Trinajstić information content (AvgIpc) is 2.46. The predicted octanol–water partition coefficient (Wildman–Crippen LogP) is 1.47. The molecular weight excluding hydrogens is 124 g/mol. The summed E-state index contributed by atoms with van der Waals surface area (Å²) in [5.41, 5.74) is 5.30. The van der Waals surface area contributed by atoms with Crippen molar-refractivity contribution >= 4 is 0 Å². The van der Waals surface area contributed by atoms with Crippen LogP contribution in [0.15, 0.2) is 24.5 Å². The first-order chi connectivity index (χ1) is 4.93. The van der Waals surface area contributed by atoms with Gasteiger partial charge in [0.1, 0.15) is 0 Å². The Kier molecular flexibility index (Phi) is 5.88. The minimum absolute atomic E-state index is 0.717. The summed E-state index contributed by atoms with van der Waals surface area (Å²) in [5.74, 6) is 0. The van der Waals surface area contributed by atoms with Gasteiger partial charge in [-0.25, -0.2) is 0 Å². The molecule has 10 heavy (non-hydrogen) atoms. The van der Waals surface area contributed by atoms with Crippen LogP contribution < -0.4 is 5.73 Å². The number of nitrogens with zero attached hydrogens (tertiary/aromatic N) is 1. The van der Waals surface area contributed by atoms with Gasteiger partial charge in [0.25, 0.3) is 0 Å². The molecular formula is C8H16N2. The fourth-order valence-corrected chi connectivity index (χ4v) is 0.668. The molecule has 0 saturated heterocycles. The minimum atomic E-state index is 0.717. The van der Waals surface area contributed by atoms with Gasteiger partial charge in [0, 0.05) is 25.5 Å². The van der Waals surface area contributed by atoms with Gasteiger partial charge in [-0.2, -0.15) is 0 Å². The molecule has 0 bridgehead atoms. The highest BCUT2D eigenvalue weighted by Crippen LogP contribution is 1.86. The quantitative estimate of drug-likeness (QED) is 0.662. The lowest BCUT2D eigenvalue weighted by Gasteiger charge is -1.95. The molecule has 1 aromatic heterocycles. The van der Waals surface area contributed by atoms with Crippen molar-refractivity contribution in [2.75, 3.05) is 6.54 Å². The minimum Gasteiger partial charge on any atom is -0.353 e. The van der Waals surface area contributed by atoms with Gasteiger partial charge in [-0.3, -0.25) is 0 Å². The molecule has 58 valence electrons. The fraction of sp³-hybridized carbons (Fsp3) is 0.500. The summed E-state index contributed by atoms with van der Waals surface area (Å²) in [4.78, 5) is 0. The third kappa shape index (κ3) is 3.30. The predicted molar refractivity (Wildman–Crippen MR) is 44.8 cm³/mol. The van der Waals surface area contributed by atoms with E-state index >= 15 is 0 Å². The Hall–Kier alpha value is -0.760. The Morgan fingerprint density at radius 1 is 1.20 bits per heavy atom. The third-order valence-corrected chi connectivity index (χ3v) is 1.05. The van der Waals surface area contributed by atoms with Crippen LogP contribution in [0.5, 0.6) is 0 Å². The second-order valence-electron chi connectivity index (χ2n) is 1.71. The maximum absolute atomic E-state index is 5.30. The van der Waals surface area contributed by atoms with E-state index in [1.807, 2.05) is 38.4 Å². The summed E-state index contributed by atoms with van der Waals surface area (Å²) in [5, 5.41) is 0. The van der Waals surface area contributed by atoms with Crippen molar-refractivity contribution in [2.24, 2.45) is 5.73 Å². The summed E-state index contributed by atoms with van der Waals surface area (Å²) in [6, 6.07) is 3.99. The molecule has 0 aliphatic heterocycles. The zero-order valence-electron chi connectivity index (χ0n) is 6.75. The van der Waals surface area contributed by atoms with E-state index in [9.17, 15) is 0 Å². The summed E-state index contributed by atoms with van der Waals surface area (Å²) < 4.78 is 2.06. The summed E-state index contributed by atoms with van der Waals surface area (Å²) in [6.07, 6.45) is 4.01. The number of nitrogens with two attached hydrogens (primary N) is 1. The lowest BCUT2D eigenvalue weighted by atomic mass is 10.6. The zero-order chi connectivity index (χ0) is 7.82. The molecule has 0 atom stereocenters. The van der Waals surface area contributed by atoms with Crippen molar-refractivity contribution in [1.29, 1.82) is 0 Å². The number of aromatic nitrogens is 1. The Balaban J connectivity index is 0.000000371.